The molecule has 4 heteroatoms. The van der Waals surface area contributed by atoms with E-state index in [1.807, 2.05) is 6.92 Å². The second-order valence-electron chi connectivity index (χ2n) is 1.61. The molecule has 1 heterocycles. The largest absolute Gasteiger partial charge is 0.330 e. The van der Waals surface area contributed by atoms with E-state index < -0.39 is 0 Å². The number of rotatable bonds is 1. The van der Waals surface area contributed by atoms with Crippen molar-refractivity contribution in [3.8, 4) is 0 Å². The molecule has 1 aliphatic heterocycles. The molecule has 1 unspecified atom stereocenters. The van der Waals surface area contributed by atoms with Crippen molar-refractivity contribution in [3.05, 3.63) is 0 Å². The van der Waals surface area contributed by atoms with Gasteiger partial charge in [-0.3, -0.25) is 4.79 Å². The summed E-state index contributed by atoms with van der Waals surface area (Å²) in [6.45, 7) is 2.02. The van der Waals surface area contributed by atoms with Gasteiger partial charge in [0.1, 0.15) is 0 Å². The lowest BCUT2D eigenvalue weighted by Gasteiger charge is -2.01. The van der Waals surface area contributed by atoms with Crippen LogP contribution in [-0.2, 0) is 0 Å². The van der Waals surface area contributed by atoms with Crippen LogP contribution < -0.4 is 10.0 Å². The van der Waals surface area contributed by atoms with Crippen LogP contribution >= 0.6 is 11.9 Å². The first-order valence-electron chi connectivity index (χ1n) is 2.56. The average Bonchev–Trinajstić information content (AvgIpc) is 2.14. The molecule has 0 bridgehead atoms. The highest BCUT2D eigenvalue weighted by Gasteiger charge is 2.17. The first-order chi connectivity index (χ1) is 3.83. The molecule has 0 aromatic carbocycles. The monoisotopic (exact) mass is 132 g/mol. The van der Waals surface area contributed by atoms with Crippen LogP contribution in [0.5, 0.6) is 0 Å². The molecular weight excluding hydrogens is 124 g/mol. The summed E-state index contributed by atoms with van der Waals surface area (Å²) in [5.74, 6) is 0. The lowest BCUT2D eigenvalue weighted by atomic mass is 10.4. The van der Waals surface area contributed by atoms with Gasteiger partial charge in [0.2, 0.25) is 0 Å². The maximum Gasteiger partial charge on any atom is 0.295 e. The smallest absolute Gasteiger partial charge is 0.295 e. The zero-order chi connectivity index (χ0) is 5.98. The molecule has 1 aliphatic rings. The van der Waals surface area contributed by atoms with Gasteiger partial charge in [0, 0.05) is 11.9 Å². The Morgan fingerprint density at radius 1 is 1.88 bits per heavy atom. The van der Waals surface area contributed by atoms with Crippen molar-refractivity contribution in [2.45, 2.75) is 19.5 Å². The number of carbonyl (C=O) groups excluding carboxylic acids is 1. The molecule has 0 saturated carbocycles. The molecule has 1 rings (SSSR count). The predicted octanol–water partition coefficient (Wildman–Crippen LogP) is 0.683. The Morgan fingerprint density at radius 3 is 2.88 bits per heavy atom. The zero-order valence-corrected chi connectivity index (χ0v) is 5.42. The van der Waals surface area contributed by atoms with Gasteiger partial charge in [-0.05, 0) is 6.42 Å². The average molecular weight is 132 g/mol. The summed E-state index contributed by atoms with van der Waals surface area (Å²) >= 11 is 1.13. The van der Waals surface area contributed by atoms with E-state index in [1.54, 1.807) is 0 Å². The van der Waals surface area contributed by atoms with Crippen molar-refractivity contribution in [1.82, 2.24) is 10.0 Å². The summed E-state index contributed by atoms with van der Waals surface area (Å²) in [5.41, 5.74) is 0. The first kappa shape index (κ1) is 5.91. The van der Waals surface area contributed by atoms with E-state index in [0.29, 0.717) is 0 Å². The van der Waals surface area contributed by atoms with E-state index in [-0.39, 0.29) is 11.4 Å². The maximum atomic E-state index is 10.4. The molecule has 2 N–H and O–H groups in total. The third kappa shape index (κ3) is 1.14. The molecular formula is C4H8N2OS. The third-order valence-electron chi connectivity index (χ3n) is 0.994. The van der Waals surface area contributed by atoms with Gasteiger partial charge in [0.15, 0.2) is 0 Å². The number of carbonyl (C=O) groups is 1. The minimum Gasteiger partial charge on any atom is -0.330 e. The van der Waals surface area contributed by atoms with Gasteiger partial charge in [-0.1, -0.05) is 6.92 Å². The summed E-state index contributed by atoms with van der Waals surface area (Å²) in [6, 6.07) is 0. The van der Waals surface area contributed by atoms with Gasteiger partial charge in [-0.25, -0.2) is 4.72 Å². The summed E-state index contributed by atoms with van der Waals surface area (Å²) < 4.78 is 2.91. The topological polar surface area (TPSA) is 41.1 Å². The van der Waals surface area contributed by atoms with Crippen molar-refractivity contribution in [3.63, 3.8) is 0 Å². The van der Waals surface area contributed by atoms with Gasteiger partial charge in [-0.2, -0.15) is 0 Å². The third-order valence-corrected chi connectivity index (χ3v) is 1.70. The SMILES string of the molecule is CCC1NSC(=O)N1. The van der Waals surface area contributed by atoms with Gasteiger partial charge >= 0.3 is 0 Å². The number of nitrogens with one attached hydrogen (secondary N) is 2. The van der Waals surface area contributed by atoms with Crippen LogP contribution in [0, 0.1) is 0 Å². The van der Waals surface area contributed by atoms with E-state index in [2.05, 4.69) is 10.0 Å². The Hall–Kier alpha value is -0.220. The fraction of sp³-hybridized carbons (Fsp3) is 0.750. The maximum absolute atomic E-state index is 10.4. The molecule has 1 saturated heterocycles. The highest BCUT2D eigenvalue weighted by atomic mass is 32.2. The molecule has 0 aliphatic carbocycles. The Balaban J connectivity index is 2.32. The van der Waals surface area contributed by atoms with Gasteiger partial charge in [0.25, 0.3) is 5.24 Å². The predicted molar refractivity (Wildman–Crippen MR) is 33.3 cm³/mol. The number of hydrogen-bond donors (Lipinski definition) is 2. The Morgan fingerprint density at radius 2 is 2.62 bits per heavy atom. The van der Waals surface area contributed by atoms with E-state index in [0.717, 1.165) is 18.4 Å². The highest BCUT2D eigenvalue weighted by molar-refractivity contribution is 8.12. The second kappa shape index (κ2) is 2.37. The van der Waals surface area contributed by atoms with Crippen LogP contribution in [0.1, 0.15) is 13.3 Å². The molecule has 1 fully saturated rings. The van der Waals surface area contributed by atoms with E-state index in [4.69, 9.17) is 0 Å². The molecule has 0 aromatic heterocycles. The molecule has 0 spiro atoms. The fourth-order valence-electron chi connectivity index (χ4n) is 0.511. The van der Waals surface area contributed by atoms with Gasteiger partial charge in [0.05, 0.1) is 6.17 Å². The fourth-order valence-corrected chi connectivity index (χ4v) is 1.19. The van der Waals surface area contributed by atoms with Crippen molar-refractivity contribution in [2.75, 3.05) is 0 Å². The normalized spacial score (nSPS) is 28.1. The van der Waals surface area contributed by atoms with Crippen LogP contribution in [-0.4, -0.2) is 11.4 Å². The lowest BCUT2D eigenvalue weighted by molar-refractivity contribution is 0.259. The first-order valence-corrected chi connectivity index (χ1v) is 3.37. The Kier molecular flexibility index (Phi) is 1.75. The molecule has 46 valence electrons. The number of amides is 1. The minimum atomic E-state index is 0.0249. The van der Waals surface area contributed by atoms with Crippen LogP contribution in [0.2, 0.25) is 0 Å². The Labute approximate surface area is 52.3 Å². The molecule has 0 radical (unpaired) electrons. The van der Waals surface area contributed by atoms with E-state index in [1.165, 1.54) is 0 Å². The van der Waals surface area contributed by atoms with Crippen molar-refractivity contribution < 1.29 is 4.79 Å². The molecule has 0 aromatic rings. The summed E-state index contributed by atoms with van der Waals surface area (Å²) in [7, 11) is 0. The van der Waals surface area contributed by atoms with Crippen LogP contribution in [0.25, 0.3) is 0 Å². The van der Waals surface area contributed by atoms with Crippen LogP contribution in [0.3, 0.4) is 0 Å². The minimum absolute atomic E-state index is 0.0249. The molecule has 3 nitrogen and oxygen atoms in total. The molecule has 1 amide bonds. The number of hydrogen-bond acceptors (Lipinski definition) is 3. The summed E-state index contributed by atoms with van der Waals surface area (Å²) in [5, 5.41) is 2.74. The second-order valence-corrected chi connectivity index (χ2v) is 2.42. The van der Waals surface area contributed by atoms with Crippen LogP contribution in [0.4, 0.5) is 4.79 Å². The highest BCUT2D eigenvalue weighted by Crippen LogP contribution is 2.06. The lowest BCUT2D eigenvalue weighted by Crippen LogP contribution is -2.29. The van der Waals surface area contributed by atoms with Gasteiger partial charge < -0.3 is 5.32 Å². The van der Waals surface area contributed by atoms with Crippen LogP contribution in [0.15, 0.2) is 0 Å². The van der Waals surface area contributed by atoms with Crippen molar-refractivity contribution in [2.24, 2.45) is 0 Å². The van der Waals surface area contributed by atoms with Gasteiger partial charge in [-0.15, -0.1) is 0 Å². The summed E-state index contributed by atoms with van der Waals surface area (Å²) in [4.78, 5) is 10.4. The van der Waals surface area contributed by atoms with Crippen molar-refractivity contribution in [1.29, 1.82) is 0 Å². The summed E-state index contributed by atoms with van der Waals surface area (Å²) in [6.07, 6.45) is 1.13. The quantitative estimate of drug-likeness (QED) is 0.515. The molecule has 1 atom stereocenters. The molecule has 8 heavy (non-hydrogen) atoms. The van der Waals surface area contributed by atoms with Crippen molar-refractivity contribution >= 4 is 17.2 Å². The van der Waals surface area contributed by atoms with E-state index in [9.17, 15) is 4.79 Å². The zero-order valence-electron chi connectivity index (χ0n) is 4.60. The Bertz CT molecular complexity index is 106. The standard InChI is InChI=1S/C4H8N2OS/c1-2-3-5-4(7)8-6-3/h3,6H,2H2,1H3,(H,5,7). The van der Waals surface area contributed by atoms with E-state index >= 15 is 0 Å².